The summed E-state index contributed by atoms with van der Waals surface area (Å²) in [5.74, 6) is -1.82. The topological polar surface area (TPSA) is 66.4 Å². The van der Waals surface area contributed by atoms with Gasteiger partial charge in [-0.2, -0.15) is 0 Å². The molecule has 4 nitrogen and oxygen atoms in total. The molecule has 2 unspecified atom stereocenters. The zero-order valence-electron chi connectivity index (χ0n) is 8.72. The maximum Gasteiger partial charge on any atom is 0.307 e. The molecule has 1 aromatic carbocycles. The summed E-state index contributed by atoms with van der Waals surface area (Å²) in [4.78, 5) is 22.3. The smallest absolute Gasteiger partial charge is 0.307 e. The molecule has 0 spiro atoms. The Morgan fingerprint density at radius 2 is 2.00 bits per heavy atom. The van der Waals surface area contributed by atoms with E-state index < -0.39 is 11.9 Å². The number of hydrogen-bond donors (Lipinski definition) is 2. The molecular weight excluding hydrogens is 206 g/mol. The first-order chi connectivity index (χ1) is 7.68. The number of carboxylic acids is 1. The minimum absolute atomic E-state index is 0.0644. The summed E-state index contributed by atoms with van der Waals surface area (Å²) in [6.45, 7) is 0.403. The van der Waals surface area contributed by atoms with Crippen molar-refractivity contribution in [3.63, 3.8) is 0 Å². The molecule has 1 aliphatic heterocycles. The van der Waals surface area contributed by atoms with E-state index in [0.717, 1.165) is 5.56 Å². The molecule has 0 bridgehead atoms. The highest BCUT2D eigenvalue weighted by Crippen LogP contribution is 2.29. The zero-order valence-corrected chi connectivity index (χ0v) is 8.72. The van der Waals surface area contributed by atoms with Gasteiger partial charge in [-0.1, -0.05) is 30.3 Å². The summed E-state index contributed by atoms with van der Waals surface area (Å²) in [7, 11) is 0. The summed E-state index contributed by atoms with van der Waals surface area (Å²) in [5.41, 5.74) is 0.968. The molecule has 1 aromatic rings. The second kappa shape index (κ2) is 4.35. The normalized spacial score (nSPS) is 24.9. The maximum atomic E-state index is 11.2. The van der Waals surface area contributed by atoms with E-state index in [-0.39, 0.29) is 18.2 Å². The van der Waals surface area contributed by atoms with E-state index in [9.17, 15) is 9.59 Å². The van der Waals surface area contributed by atoms with Crippen molar-refractivity contribution >= 4 is 11.9 Å². The fraction of sp³-hybridized carbons (Fsp3) is 0.333. The van der Waals surface area contributed by atoms with Crippen molar-refractivity contribution in [3.8, 4) is 0 Å². The Balaban J connectivity index is 2.25. The van der Waals surface area contributed by atoms with Gasteiger partial charge in [0.15, 0.2) is 0 Å². The molecule has 16 heavy (non-hydrogen) atoms. The second-order valence-corrected chi connectivity index (χ2v) is 3.97. The molecular formula is C12H13NO3. The molecule has 2 rings (SSSR count). The lowest BCUT2D eigenvalue weighted by molar-refractivity contribution is -0.146. The molecule has 4 heteroatoms. The van der Waals surface area contributed by atoms with E-state index in [2.05, 4.69) is 5.32 Å². The Morgan fingerprint density at radius 3 is 2.62 bits per heavy atom. The highest BCUT2D eigenvalue weighted by molar-refractivity contribution is 5.84. The van der Waals surface area contributed by atoms with Gasteiger partial charge in [-0.25, -0.2) is 0 Å². The third kappa shape index (κ3) is 2.05. The Bertz CT molecular complexity index is 402. The van der Waals surface area contributed by atoms with Crippen LogP contribution in [0.3, 0.4) is 0 Å². The van der Waals surface area contributed by atoms with Gasteiger partial charge in [-0.15, -0.1) is 0 Å². The molecule has 0 saturated carbocycles. The molecule has 1 fully saturated rings. The summed E-state index contributed by atoms with van der Waals surface area (Å²) >= 11 is 0. The highest BCUT2D eigenvalue weighted by atomic mass is 16.4. The number of benzene rings is 1. The quantitative estimate of drug-likeness (QED) is 0.779. The van der Waals surface area contributed by atoms with Crippen molar-refractivity contribution < 1.29 is 14.7 Å². The first kappa shape index (κ1) is 10.7. The van der Waals surface area contributed by atoms with Gasteiger partial charge in [0.25, 0.3) is 0 Å². The van der Waals surface area contributed by atoms with Crippen LogP contribution in [0.1, 0.15) is 17.9 Å². The molecule has 84 valence electrons. The molecule has 1 saturated heterocycles. The van der Waals surface area contributed by atoms with Crippen LogP contribution in [0, 0.1) is 5.92 Å². The van der Waals surface area contributed by atoms with Gasteiger partial charge in [0.2, 0.25) is 5.91 Å². The van der Waals surface area contributed by atoms with Crippen molar-refractivity contribution in [1.82, 2.24) is 5.32 Å². The van der Waals surface area contributed by atoms with Crippen LogP contribution in [0.25, 0.3) is 0 Å². The van der Waals surface area contributed by atoms with Crippen molar-refractivity contribution in [2.75, 3.05) is 6.54 Å². The lowest BCUT2D eigenvalue weighted by atomic mass is 9.81. The predicted octanol–water partition coefficient (Wildman–Crippen LogP) is 0.991. The largest absolute Gasteiger partial charge is 0.481 e. The number of carboxylic acid groups (broad SMARTS) is 1. The fourth-order valence-electron chi connectivity index (χ4n) is 2.09. The first-order valence-electron chi connectivity index (χ1n) is 5.23. The van der Waals surface area contributed by atoms with Crippen LogP contribution in [0.2, 0.25) is 0 Å². The predicted molar refractivity (Wildman–Crippen MR) is 57.9 cm³/mol. The summed E-state index contributed by atoms with van der Waals surface area (Å²) in [6.07, 6.45) is 0.0644. The average Bonchev–Trinajstić information content (AvgIpc) is 2.30. The van der Waals surface area contributed by atoms with Crippen LogP contribution in [-0.4, -0.2) is 23.5 Å². The minimum Gasteiger partial charge on any atom is -0.481 e. The van der Waals surface area contributed by atoms with Crippen LogP contribution >= 0.6 is 0 Å². The van der Waals surface area contributed by atoms with Crippen LogP contribution in [0.15, 0.2) is 30.3 Å². The van der Waals surface area contributed by atoms with Crippen LogP contribution in [0.4, 0.5) is 0 Å². The molecule has 1 aliphatic rings. The van der Waals surface area contributed by atoms with Gasteiger partial charge in [-0.3, -0.25) is 9.59 Å². The molecule has 2 N–H and O–H groups in total. The summed E-state index contributed by atoms with van der Waals surface area (Å²) in [5, 5.41) is 11.8. The van der Waals surface area contributed by atoms with Crippen LogP contribution in [-0.2, 0) is 9.59 Å². The van der Waals surface area contributed by atoms with Gasteiger partial charge < -0.3 is 10.4 Å². The van der Waals surface area contributed by atoms with E-state index in [4.69, 9.17) is 5.11 Å². The van der Waals surface area contributed by atoms with Crippen LogP contribution in [0.5, 0.6) is 0 Å². The highest BCUT2D eigenvalue weighted by Gasteiger charge is 2.35. The summed E-state index contributed by atoms with van der Waals surface area (Å²) < 4.78 is 0. The van der Waals surface area contributed by atoms with E-state index in [1.807, 2.05) is 30.3 Å². The van der Waals surface area contributed by atoms with E-state index >= 15 is 0 Å². The fourth-order valence-corrected chi connectivity index (χ4v) is 2.09. The molecule has 1 heterocycles. The number of nitrogens with one attached hydrogen (secondary N) is 1. The van der Waals surface area contributed by atoms with Gasteiger partial charge in [-0.05, 0) is 5.56 Å². The van der Waals surface area contributed by atoms with Gasteiger partial charge in [0.1, 0.15) is 0 Å². The Labute approximate surface area is 93.3 Å². The number of amides is 1. The molecule has 1 amide bonds. The lowest BCUT2D eigenvalue weighted by Crippen LogP contribution is -2.42. The number of rotatable bonds is 2. The molecule has 0 aliphatic carbocycles. The lowest BCUT2D eigenvalue weighted by Gasteiger charge is -2.28. The van der Waals surface area contributed by atoms with Crippen LogP contribution < -0.4 is 5.32 Å². The van der Waals surface area contributed by atoms with Crippen molar-refractivity contribution in [3.05, 3.63) is 35.9 Å². The van der Waals surface area contributed by atoms with E-state index in [0.29, 0.717) is 6.54 Å². The zero-order chi connectivity index (χ0) is 11.5. The van der Waals surface area contributed by atoms with Crippen molar-refractivity contribution in [1.29, 1.82) is 0 Å². The second-order valence-electron chi connectivity index (χ2n) is 3.97. The Kier molecular flexibility index (Phi) is 2.90. The van der Waals surface area contributed by atoms with Crippen molar-refractivity contribution in [2.45, 2.75) is 12.3 Å². The SMILES string of the molecule is O=C1CC(C(=O)O)C(c2ccccc2)CN1. The standard InChI is InChI=1S/C12H13NO3/c14-11-6-9(12(15)16)10(7-13-11)8-4-2-1-3-5-8/h1-5,9-10H,6-7H2,(H,13,14)(H,15,16). The Hall–Kier alpha value is -1.84. The number of aliphatic carboxylic acids is 1. The van der Waals surface area contributed by atoms with E-state index in [1.165, 1.54) is 0 Å². The molecule has 2 atom stereocenters. The molecule has 0 radical (unpaired) electrons. The molecule has 0 aromatic heterocycles. The van der Waals surface area contributed by atoms with Gasteiger partial charge in [0, 0.05) is 18.9 Å². The first-order valence-corrected chi connectivity index (χ1v) is 5.23. The monoisotopic (exact) mass is 219 g/mol. The minimum atomic E-state index is -0.899. The number of piperidine rings is 1. The third-order valence-electron chi connectivity index (χ3n) is 2.96. The van der Waals surface area contributed by atoms with Gasteiger partial charge >= 0.3 is 5.97 Å². The number of hydrogen-bond acceptors (Lipinski definition) is 2. The number of carbonyl (C=O) groups excluding carboxylic acids is 1. The third-order valence-corrected chi connectivity index (χ3v) is 2.96. The summed E-state index contributed by atoms with van der Waals surface area (Å²) in [6, 6.07) is 9.45. The average molecular weight is 219 g/mol. The van der Waals surface area contributed by atoms with E-state index in [1.54, 1.807) is 0 Å². The Morgan fingerprint density at radius 1 is 1.31 bits per heavy atom. The maximum absolute atomic E-state index is 11.2. The van der Waals surface area contributed by atoms with Crippen molar-refractivity contribution in [2.24, 2.45) is 5.92 Å². The number of carbonyl (C=O) groups is 2. The van der Waals surface area contributed by atoms with Gasteiger partial charge in [0.05, 0.1) is 5.92 Å².